The zero-order valence-electron chi connectivity index (χ0n) is 27.0. The van der Waals surface area contributed by atoms with E-state index in [4.69, 9.17) is 28.4 Å². The lowest BCUT2D eigenvalue weighted by Crippen LogP contribution is -2.52. The van der Waals surface area contributed by atoms with Crippen LogP contribution in [0.1, 0.15) is 49.3 Å². The summed E-state index contributed by atoms with van der Waals surface area (Å²) in [6, 6.07) is 15.9. The number of anilines is 1. The molecule has 244 valence electrons. The maximum atomic E-state index is 6.73. The third kappa shape index (κ3) is 9.63. The first kappa shape index (κ1) is 33.1. The summed E-state index contributed by atoms with van der Waals surface area (Å²) in [6.45, 7) is 15.4. The van der Waals surface area contributed by atoms with E-state index < -0.39 is 0 Å². The summed E-state index contributed by atoms with van der Waals surface area (Å²) in [5, 5.41) is 3.82. The van der Waals surface area contributed by atoms with Gasteiger partial charge in [0.1, 0.15) is 12.4 Å². The van der Waals surface area contributed by atoms with Crippen LogP contribution in [0.3, 0.4) is 0 Å². The fraction of sp³-hybridized carbons (Fsp3) is 0.657. The molecule has 44 heavy (non-hydrogen) atoms. The fourth-order valence-electron chi connectivity index (χ4n) is 6.51. The Kier molecular flexibility index (Phi) is 13.1. The molecule has 2 fully saturated rings. The lowest BCUT2D eigenvalue weighted by atomic mass is 9.83. The molecule has 4 atom stereocenters. The summed E-state index contributed by atoms with van der Waals surface area (Å²) in [7, 11) is 1.76. The molecule has 0 radical (unpaired) electrons. The average molecular weight is 612 g/mol. The molecule has 0 aliphatic carbocycles. The number of morpholine rings is 1. The minimum Gasteiger partial charge on any atom is -0.490 e. The smallest absolute Gasteiger partial charge is 0.142 e. The Bertz CT molecular complexity index is 1110. The molecule has 2 aromatic rings. The monoisotopic (exact) mass is 611 g/mol. The number of piperidine rings is 1. The molecule has 0 amide bonds. The van der Waals surface area contributed by atoms with Crippen molar-refractivity contribution in [2.24, 2.45) is 0 Å². The number of fused-ring (bicyclic) bond motifs is 1. The molecule has 3 heterocycles. The molecule has 2 aromatic carbocycles. The van der Waals surface area contributed by atoms with Crippen molar-refractivity contribution in [2.45, 2.75) is 64.1 Å². The number of ether oxygens (including phenoxy) is 6. The highest BCUT2D eigenvalue weighted by molar-refractivity contribution is 5.61. The normalized spacial score (nSPS) is 23.2. The molecule has 1 N–H and O–H groups in total. The predicted octanol–water partition coefficient (Wildman–Crippen LogP) is 4.23. The van der Waals surface area contributed by atoms with Gasteiger partial charge in [0.05, 0.1) is 57.5 Å². The Morgan fingerprint density at radius 3 is 2.61 bits per heavy atom. The van der Waals surface area contributed by atoms with E-state index in [1.165, 1.54) is 16.7 Å². The maximum absolute atomic E-state index is 6.73. The van der Waals surface area contributed by atoms with Crippen molar-refractivity contribution in [3.63, 3.8) is 0 Å². The second kappa shape index (κ2) is 17.5. The predicted molar refractivity (Wildman–Crippen MR) is 173 cm³/mol. The van der Waals surface area contributed by atoms with Gasteiger partial charge in [-0.1, -0.05) is 30.3 Å². The Morgan fingerprint density at radius 1 is 1.00 bits per heavy atom. The van der Waals surface area contributed by atoms with Gasteiger partial charge in [-0.25, -0.2) is 0 Å². The summed E-state index contributed by atoms with van der Waals surface area (Å²) in [4.78, 5) is 4.93. The number of hydrogen-bond donors (Lipinski definition) is 1. The molecule has 9 nitrogen and oxygen atoms in total. The standard InChI is InChI=1S/C35H53N3O6/c1-4-42-27(2)24-41-25-28-6-9-30(10-7-28)32-21-31(23-37-13-17-40-18-14-37)36-22-35(32)44-26-29-8-11-34-33(20-29)38(15-19-43-34)12-5-16-39-3/h6-11,20,27,31-32,35-36H,4-5,12-19,21-26H2,1-3H3/t27-,31-,32-,35+/m1/s1. The lowest BCUT2D eigenvalue weighted by molar-refractivity contribution is -0.00764. The summed E-state index contributed by atoms with van der Waals surface area (Å²) in [6.07, 6.45) is 2.22. The number of benzene rings is 2. The van der Waals surface area contributed by atoms with Gasteiger partial charge in [0.25, 0.3) is 0 Å². The van der Waals surface area contributed by atoms with Crippen LogP contribution in [0.25, 0.3) is 0 Å². The zero-order chi connectivity index (χ0) is 30.6. The highest BCUT2D eigenvalue weighted by Gasteiger charge is 2.33. The lowest BCUT2D eigenvalue weighted by Gasteiger charge is -2.40. The van der Waals surface area contributed by atoms with Crippen molar-refractivity contribution >= 4 is 5.69 Å². The highest BCUT2D eigenvalue weighted by atomic mass is 16.5. The van der Waals surface area contributed by atoms with Crippen LogP contribution in [-0.4, -0.2) is 109 Å². The van der Waals surface area contributed by atoms with Crippen LogP contribution >= 0.6 is 0 Å². The van der Waals surface area contributed by atoms with E-state index >= 15 is 0 Å². The van der Waals surface area contributed by atoms with Gasteiger partial charge in [0, 0.05) is 65.0 Å². The van der Waals surface area contributed by atoms with Crippen LogP contribution in [0, 0.1) is 0 Å². The van der Waals surface area contributed by atoms with E-state index in [1.54, 1.807) is 7.11 Å². The maximum Gasteiger partial charge on any atom is 0.142 e. The van der Waals surface area contributed by atoms with Gasteiger partial charge in [0.15, 0.2) is 0 Å². The van der Waals surface area contributed by atoms with Crippen molar-refractivity contribution in [3.05, 3.63) is 59.2 Å². The molecule has 2 saturated heterocycles. The molecule has 0 saturated carbocycles. The van der Waals surface area contributed by atoms with Crippen molar-refractivity contribution in [1.29, 1.82) is 0 Å². The number of methoxy groups -OCH3 is 1. The van der Waals surface area contributed by atoms with Crippen molar-refractivity contribution in [2.75, 3.05) is 90.9 Å². The molecule has 5 rings (SSSR count). The molecule has 0 spiro atoms. The third-order valence-corrected chi connectivity index (χ3v) is 8.88. The molecular formula is C35H53N3O6. The molecular weight excluding hydrogens is 558 g/mol. The van der Waals surface area contributed by atoms with Gasteiger partial charge in [-0.05, 0) is 55.5 Å². The van der Waals surface area contributed by atoms with E-state index in [1.807, 2.05) is 13.8 Å². The van der Waals surface area contributed by atoms with E-state index in [2.05, 4.69) is 57.6 Å². The molecule has 0 unspecified atom stereocenters. The van der Waals surface area contributed by atoms with Gasteiger partial charge < -0.3 is 38.6 Å². The largest absolute Gasteiger partial charge is 0.490 e. The number of nitrogens with one attached hydrogen (secondary N) is 1. The van der Waals surface area contributed by atoms with Gasteiger partial charge >= 0.3 is 0 Å². The third-order valence-electron chi connectivity index (χ3n) is 8.88. The summed E-state index contributed by atoms with van der Waals surface area (Å²) < 4.78 is 35.1. The van der Waals surface area contributed by atoms with Crippen molar-refractivity contribution in [1.82, 2.24) is 10.2 Å². The van der Waals surface area contributed by atoms with Crippen molar-refractivity contribution in [3.8, 4) is 5.75 Å². The molecule has 0 bridgehead atoms. The Hall–Kier alpha value is -2.24. The van der Waals surface area contributed by atoms with Gasteiger partial charge in [0.2, 0.25) is 0 Å². The molecule has 3 aliphatic heterocycles. The van der Waals surface area contributed by atoms with Gasteiger partial charge in [-0.2, -0.15) is 0 Å². The minimum atomic E-state index is 0.0789. The van der Waals surface area contributed by atoms with E-state index in [0.29, 0.717) is 45.0 Å². The fourth-order valence-corrected chi connectivity index (χ4v) is 6.51. The Morgan fingerprint density at radius 2 is 1.82 bits per heavy atom. The van der Waals surface area contributed by atoms with Crippen LogP contribution in [-0.2, 0) is 36.9 Å². The Balaban J connectivity index is 1.23. The summed E-state index contributed by atoms with van der Waals surface area (Å²) in [5.41, 5.74) is 4.85. The molecule has 3 aliphatic rings. The number of hydrogen-bond acceptors (Lipinski definition) is 9. The van der Waals surface area contributed by atoms with Gasteiger partial charge in [-0.3, -0.25) is 4.90 Å². The summed E-state index contributed by atoms with van der Waals surface area (Å²) in [5.74, 6) is 1.26. The molecule has 9 heteroatoms. The number of rotatable bonds is 16. The zero-order valence-corrected chi connectivity index (χ0v) is 27.0. The SMILES string of the molecule is CCO[C@H](C)COCc1ccc([C@H]2C[C@H](CN3CCOCC3)NC[C@@H]2OCc2ccc3c(c2)N(CCCOC)CCO3)cc1. The van der Waals surface area contributed by atoms with Crippen LogP contribution < -0.4 is 15.0 Å². The topological polar surface area (TPSA) is 73.9 Å². The minimum absolute atomic E-state index is 0.0789. The second-order valence-electron chi connectivity index (χ2n) is 12.2. The first-order chi connectivity index (χ1) is 21.6. The first-order valence-corrected chi connectivity index (χ1v) is 16.6. The van der Waals surface area contributed by atoms with Crippen LogP contribution in [0.5, 0.6) is 5.75 Å². The Labute approximate surface area is 264 Å². The average Bonchev–Trinajstić information content (AvgIpc) is 3.05. The van der Waals surface area contributed by atoms with Crippen LogP contribution in [0.2, 0.25) is 0 Å². The second-order valence-corrected chi connectivity index (χ2v) is 12.2. The van der Waals surface area contributed by atoms with Crippen LogP contribution in [0.15, 0.2) is 42.5 Å². The van der Waals surface area contributed by atoms with E-state index in [9.17, 15) is 0 Å². The van der Waals surface area contributed by atoms with Gasteiger partial charge in [-0.15, -0.1) is 0 Å². The highest BCUT2D eigenvalue weighted by Crippen LogP contribution is 2.35. The number of nitrogens with zero attached hydrogens (tertiary/aromatic N) is 2. The van der Waals surface area contributed by atoms with Crippen LogP contribution in [0.4, 0.5) is 5.69 Å². The first-order valence-electron chi connectivity index (χ1n) is 16.6. The van der Waals surface area contributed by atoms with E-state index in [-0.39, 0.29) is 12.2 Å². The van der Waals surface area contributed by atoms with Crippen molar-refractivity contribution < 1.29 is 28.4 Å². The quantitative estimate of drug-likeness (QED) is 0.281. The van der Waals surface area contributed by atoms with E-state index in [0.717, 1.165) is 83.4 Å². The summed E-state index contributed by atoms with van der Waals surface area (Å²) >= 11 is 0. The molecule has 0 aromatic heterocycles.